The number of carbonyl (C=O) groups excluding carboxylic acids is 3. The number of aliphatic imine (C=N–C) groups is 1. The fourth-order valence-electron chi connectivity index (χ4n) is 33.1. The second-order valence-electron chi connectivity index (χ2n) is 46.0. The van der Waals surface area contributed by atoms with E-state index in [0.29, 0.717) is 103 Å². The SMILES string of the molecule is O=C(Cc1ccc(F)cc1)N1C2CC3CC1CC(C(O)CC1c4c(F)cccc4-c4cncn41)(C3)C2.O=C(Cc1ccccc1)N1C2CC3CC1CC(C(O)CC1c4c(F)cccc4-c4cncn41)(C3)C2.O=C(Cc1ccccc1)N1C2CC3CC1CC(C(O)CC1c4c(F)cccc4-c4cncn41)(C3)C2.OC(CC1c2c(F)cccc2-c2cncn21)C12CC3CC(C1)N(C1=NC4CCCCC4O1)C(C3)C2. The number of nitrogens with zero attached hydrogens (tertiary/aromatic N) is 13. The van der Waals surface area contributed by atoms with Crippen LogP contribution in [0.3, 0.4) is 0 Å². The van der Waals surface area contributed by atoms with Gasteiger partial charge in [-0.05, 0) is 250 Å². The molecule has 21 nitrogen and oxygen atoms in total. The molecule has 4 N–H and O–H groups in total. The summed E-state index contributed by atoms with van der Waals surface area (Å²) in [6.07, 6.45) is 39.6. The second-order valence-corrected chi connectivity index (χ2v) is 46.0. The van der Waals surface area contributed by atoms with Gasteiger partial charge < -0.3 is 63.0 Å². The van der Waals surface area contributed by atoms with E-state index in [2.05, 4.69) is 44.1 Å². The zero-order chi connectivity index (χ0) is 95.4. The normalized spacial score (nSPS) is 32.8. The van der Waals surface area contributed by atoms with Crippen LogP contribution >= 0.6 is 0 Å². The lowest BCUT2D eigenvalue weighted by molar-refractivity contribution is -0.174. The molecule has 18 atom stereocenters. The van der Waals surface area contributed by atoms with Crippen LogP contribution in [0.5, 0.6) is 0 Å². The molecule has 8 saturated heterocycles. The van der Waals surface area contributed by atoms with E-state index in [0.717, 1.165) is 196 Å². The Labute approximate surface area is 817 Å². The Balaban J connectivity index is 0.0000000965. The summed E-state index contributed by atoms with van der Waals surface area (Å²) in [5, 5.41) is 47.1. The van der Waals surface area contributed by atoms with Crippen molar-refractivity contribution in [1.82, 2.24) is 57.8 Å². The van der Waals surface area contributed by atoms with E-state index in [1.807, 2.05) is 105 Å². The average Bonchev–Trinajstić information content (AvgIpc) is 1.01. The van der Waals surface area contributed by atoms with Crippen molar-refractivity contribution in [3.63, 3.8) is 0 Å². The lowest BCUT2D eigenvalue weighted by atomic mass is 9.52. The Morgan fingerprint density at radius 1 is 0.340 bits per heavy atom. The van der Waals surface area contributed by atoms with Gasteiger partial charge in [-0.2, -0.15) is 0 Å². The summed E-state index contributed by atoms with van der Waals surface area (Å²) in [5.41, 5.74) is 12.1. The van der Waals surface area contributed by atoms with E-state index in [-0.39, 0.29) is 141 Å². The number of halogens is 5. The summed E-state index contributed by atoms with van der Waals surface area (Å²) in [6.45, 7) is 0. The Morgan fingerprint density at radius 3 is 0.929 bits per heavy atom. The van der Waals surface area contributed by atoms with Crippen LogP contribution in [0.25, 0.3) is 45.0 Å². The minimum atomic E-state index is -0.592. The van der Waals surface area contributed by atoms with E-state index >= 15 is 0 Å². The van der Waals surface area contributed by atoms with Crippen LogP contribution in [0.1, 0.15) is 243 Å². The van der Waals surface area contributed by atoms with Crippen molar-refractivity contribution in [2.24, 2.45) is 50.3 Å². The second kappa shape index (κ2) is 34.7. The van der Waals surface area contributed by atoms with Gasteiger partial charge in [-0.3, -0.25) is 14.4 Å². The average molecular weight is 1910 g/mol. The first-order valence-corrected chi connectivity index (χ1v) is 52.3. The predicted octanol–water partition coefficient (Wildman–Crippen LogP) is 19.0. The minimum Gasteiger partial charge on any atom is -0.460 e. The molecule has 7 aromatic carbocycles. The molecular weight excluding hydrogens is 1790 g/mol. The molecule has 17 fully saturated rings. The first-order valence-electron chi connectivity index (χ1n) is 52.3. The van der Waals surface area contributed by atoms with Crippen molar-refractivity contribution in [2.75, 3.05) is 0 Å². The van der Waals surface area contributed by atoms with Crippen LogP contribution in [0, 0.1) is 74.4 Å². The molecule has 0 radical (unpaired) electrons. The fourth-order valence-corrected chi connectivity index (χ4v) is 33.1. The number of imidazole rings is 4. The molecule has 22 aliphatic rings. The number of carbonyl (C=O) groups is 3. The van der Waals surface area contributed by atoms with Crippen LogP contribution in [-0.2, 0) is 38.4 Å². The van der Waals surface area contributed by atoms with Crippen molar-refractivity contribution < 1.29 is 61.5 Å². The van der Waals surface area contributed by atoms with Gasteiger partial charge in [0.15, 0.2) is 0 Å². The Hall–Kier alpha value is -11.5. The molecular formula is C115H122F5N13O8. The topological polar surface area (TPSA) is 238 Å². The molecule has 0 spiro atoms. The Bertz CT molecular complexity index is 6440. The number of aromatic nitrogens is 8. The molecule has 9 aliphatic carbocycles. The standard InChI is InChI=1S/C29H29F2N3O2.2C29H30FN3O2.C28H33FN4O2/c30-19-6-4-17(5-7-19)10-27(36)34-20-8-18-9-21(34)14-29(12-18,13-20)26(35)11-24-28-22(2-1-3-23(28)31)25-15-32-16-33(24)25;2*30-23-8-4-7-22-25-16-31-17-32(25)24(28(22)23)12-26(34)29-13-19-9-20(14-29)33(21(10-19)15-29)27(35)11-18-5-2-1-3-6-18;29-20-5-3-4-19-23-14-30-15-32(23)22(26(19)20)10-25(34)28-11-16-8-17(12-28)33(18(9-16)13-28)27-31-21-6-1-2-7-24(21)35-27/h1-7,15-16,18,20-21,24,26,35H,8-14H2;2*1-8,16-17,19-21,24,26,34H,9-15H2;3-5,14-18,21-22,24-25,34H,1-2,6-13H2. The third-order valence-electron chi connectivity index (χ3n) is 38.1. The molecule has 9 saturated carbocycles. The highest BCUT2D eigenvalue weighted by Gasteiger charge is 2.64. The van der Waals surface area contributed by atoms with Gasteiger partial charge in [0.25, 0.3) is 6.02 Å². The van der Waals surface area contributed by atoms with Crippen LogP contribution in [0.4, 0.5) is 22.0 Å². The molecule has 3 amide bonds. The van der Waals surface area contributed by atoms with E-state index in [1.54, 1.807) is 86.4 Å². The number of fused-ring (bicyclic) bond motifs is 13. The highest BCUT2D eigenvalue weighted by atomic mass is 19.1. The van der Waals surface area contributed by atoms with Gasteiger partial charge in [-0.15, -0.1) is 0 Å². The van der Waals surface area contributed by atoms with E-state index in [1.165, 1.54) is 56.0 Å². The molecule has 730 valence electrons. The van der Waals surface area contributed by atoms with Gasteiger partial charge >= 0.3 is 0 Å². The summed E-state index contributed by atoms with van der Waals surface area (Å²) in [5.74, 6) is 1.63. The third-order valence-corrected chi connectivity index (χ3v) is 38.1. The maximum atomic E-state index is 15.0. The number of rotatable bonds is 18. The zero-order valence-electron chi connectivity index (χ0n) is 79.4. The molecule has 141 heavy (non-hydrogen) atoms. The van der Waals surface area contributed by atoms with Crippen molar-refractivity contribution in [3.05, 3.63) is 276 Å². The number of amides is 3. The van der Waals surface area contributed by atoms with Gasteiger partial charge in [0.1, 0.15) is 35.2 Å². The number of piperidine rings is 8. The zero-order valence-corrected chi connectivity index (χ0v) is 79.4. The number of aliphatic hydroxyl groups excluding tert-OH is 4. The van der Waals surface area contributed by atoms with Crippen molar-refractivity contribution >= 4 is 23.7 Å². The predicted molar refractivity (Wildman–Crippen MR) is 519 cm³/mol. The summed E-state index contributed by atoms with van der Waals surface area (Å²) >= 11 is 0. The number of amidine groups is 1. The molecule has 18 unspecified atom stereocenters. The van der Waals surface area contributed by atoms with Crippen LogP contribution < -0.4 is 0 Å². The fraction of sp³-hybridized carbons (Fsp3) is 0.496. The third kappa shape index (κ3) is 15.1. The van der Waals surface area contributed by atoms with Gasteiger partial charge in [-0.1, -0.05) is 128 Å². The highest BCUT2D eigenvalue weighted by molar-refractivity contribution is 5.82. The van der Waals surface area contributed by atoms with Crippen molar-refractivity contribution in [3.8, 4) is 45.0 Å². The molecule has 16 bridgehead atoms. The quantitative estimate of drug-likeness (QED) is 0.0586. The summed E-state index contributed by atoms with van der Waals surface area (Å²) in [4.78, 5) is 71.2. The van der Waals surface area contributed by atoms with Crippen LogP contribution in [-0.4, -0.2) is 187 Å². The van der Waals surface area contributed by atoms with E-state index < -0.39 is 24.4 Å². The van der Waals surface area contributed by atoms with Crippen LogP contribution in [0.2, 0.25) is 0 Å². The Kier molecular flexibility index (Phi) is 22.0. The Morgan fingerprint density at radius 2 is 0.624 bits per heavy atom. The molecule has 26 heteroatoms. The molecule has 13 aliphatic heterocycles. The summed E-state index contributed by atoms with van der Waals surface area (Å²) in [7, 11) is 0. The molecule has 17 heterocycles. The summed E-state index contributed by atoms with van der Waals surface area (Å²) in [6, 6.07) is 49.0. The first-order chi connectivity index (χ1) is 68.6. The number of aliphatic hydroxyl groups is 4. The number of benzene rings is 7. The maximum absolute atomic E-state index is 15.0. The van der Waals surface area contributed by atoms with Crippen LogP contribution in [0.15, 0.2) is 213 Å². The molecule has 11 aromatic rings. The highest BCUT2D eigenvalue weighted by Crippen LogP contribution is 2.66. The molecule has 4 aromatic heterocycles. The maximum Gasteiger partial charge on any atom is 0.288 e. The van der Waals surface area contributed by atoms with E-state index in [9.17, 15) is 56.8 Å². The lowest BCUT2D eigenvalue weighted by Crippen LogP contribution is -2.66. The van der Waals surface area contributed by atoms with Gasteiger partial charge in [0, 0.05) is 115 Å². The minimum absolute atomic E-state index is 0.0925. The smallest absolute Gasteiger partial charge is 0.288 e. The number of ether oxygens (including phenoxy) is 1. The van der Waals surface area contributed by atoms with Gasteiger partial charge in [0.05, 0.1) is 147 Å². The largest absolute Gasteiger partial charge is 0.460 e. The van der Waals surface area contributed by atoms with E-state index in [4.69, 9.17) is 9.73 Å². The van der Waals surface area contributed by atoms with Crippen molar-refractivity contribution in [1.29, 1.82) is 0 Å². The first kappa shape index (κ1) is 89.6. The number of hydrogen-bond acceptors (Lipinski definition) is 14. The van der Waals surface area contributed by atoms with Crippen molar-refractivity contribution in [2.45, 2.75) is 308 Å². The summed E-state index contributed by atoms with van der Waals surface area (Å²) < 4.78 is 87.7. The van der Waals surface area contributed by atoms with Gasteiger partial charge in [-0.25, -0.2) is 46.9 Å². The van der Waals surface area contributed by atoms with Gasteiger partial charge in [0.2, 0.25) is 17.7 Å². The molecule has 33 rings (SSSR count). The number of hydrogen-bond donors (Lipinski definition) is 4. The lowest BCUT2D eigenvalue weighted by Gasteiger charge is -2.63. The monoisotopic (exact) mass is 1910 g/mol.